The number of nitrogens with zero attached hydrogens (tertiary/aromatic N) is 4. The summed E-state index contributed by atoms with van der Waals surface area (Å²) in [5.41, 5.74) is 9.70. The fourth-order valence-electron chi connectivity index (χ4n) is 11.2. The van der Waals surface area contributed by atoms with Crippen LogP contribution in [0.3, 0.4) is 0 Å². The van der Waals surface area contributed by atoms with Gasteiger partial charge in [-0.25, -0.2) is 4.79 Å². The molecule has 0 aromatic heterocycles. The van der Waals surface area contributed by atoms with E-state index in [2.05, 4.69) is 12.2 Å². The predicted octanol–water partition coefficient (Wildman–Crippen LogP) is 12.1. The molecule has 108 heavy (non-hydrogen) atoms. The zero-order valence-electron chi connectivity index (χ0n) is 65.7. The van der Waals surface area contributed by atoms with Gasteiger partial charge < -0.3 is 102 Å². The van der Waals surface area contributed by atoms with Crippen LogP contribution in [0.4, 0.5) is 21.0 Å². The van der Waals surface area contributed by atoms with Crippen molar-refractivity contribution in [2.24, 2.45) is 11.8 Å². The average Bonchev–Trinajstić information content (AvgIpc) is 0.798. The number of ether oxygens (including phenoxy) is 5. The number of quaternary nitrogens is 2. The molecule has 1 saturated heterocycles. The van der Waals surface area contributed by atoms with Crippen molar-refractivity contribution in [1.82, 2.24) is 10.6 Å². The number of amides is 4. The number of aliphatic hydroxyl groups excluding tert-OH is 3. The molecule has 4 aromatic rings. The number of carbonyl (C=O) groups excluding carboxylic acids is 5. The van der Waals surface area contributed by atoms with E-state index >= 15 is 0 Å². The van der Waals surface area contributed by atoms with Crippen LogP contribution in [0.25, 0.3) is 27.3 Å². The number of unbranched alkanes of at least 4 members (excludes halogenated alkanes) is 11. The molecule has 31 heteroatoms. The third-order valence-corrected chi connectivity index (χ3v) is 19.8. The van der Waals surface area contributed by atoms with E-state index in [0.29, 0.717) is 63.9 Å². The summed E-state index contributed by atoms with van der Waals surface area (Å²) in [4.78, 5) is 87.9. The Balaban J connectivity index is 0.00000168. The Hall–Kier alpha value is -4.81. The van der Waals surface area contributed by atoms with E-state index in [-0.39, 0.29) is 123 Å². The molecule has 0 aliphatic carbocycles. The predicted molar refractivity (Wildman–Crippen MR) is 418 cm³/mol. The van der Waals surface area contributed by atoms with Gasteiger partial charge in [-0.3, -0.25) is 28.3 Å². The molecular formula is C77H132N7O21P2Y-. The van der Waals surface area contributed by atoms with E-state index in [1.54, 1.807) is 19.1 Å². The summed E-state index contributed by atoms with van der Waals surface area (Å²) in [5.74, 6) is 0.162. The summed E-state index contributed by atoms with van der Waals surface area (Å²) >= 11 is 0. The molecule has 1 aliphatic rings. The topological polar surface area (TPSA) is 364 Å². The average molecular weight is 1640 g/mol. The van der Waals surface area contributed by atoms with Crippen molar-refractivity contribution in [2.45, 2.75) is 188 Å². The van der Waals surface area contributed by atoms with Crippen molar-refractivity contribution in [3.05, 3.63) is 77.5 Å². The Morgan fingerprint density at radius 2 is 1.10 bits per heavy atom. The smallest absolute Gasteiger partial charge is 0.407 e. The molecule has 1 fully saturated rings. The third-order valence-electron chi connectivity index (χ3n) is 17.9. The number of phosphoric ester groups is 2. The van der Waals surface area contributed by atoms with Gasteiger partial charge >= 0.3 is 6.09 Å². The Labute approximate surface area is 669 Å². The molecule has 0 saturated carbocycles. The number of Topliss-reactive ketones (excluding diaryl/α,β-unsaturated/α-hetero) is 2. The Kier molecular flexibility index (Phi) is 50.2. The largest absolute Gasteiger partial charge is 0.756 e. The molecule has 0 spiro atoms. The first-order valence-electron chi connectivity index (χ1n) is 36.6. The number of nitrogens with one attached hydrogen (secondary N) is 3. The van der Waals surface area contributed by atoms with Crippen LogP contribution in [0.1, 0.15) is 172 Å². The van der Waals surface area contributed by atoms with Crippen LogP contribution in [0, 0.1) is 11.8 Å². The van der Waals surface area contributed by atoms with Gasteiger partial charge in [-0.2, -0.15) is 0 Å². The van der Waals surface area contributed by atoms with Gasteiger partial charge in [-0.15, -0.1) is 0 Å². The van der Waals surface area contributed by atoms with E-state index in [4.69, 9.17) is 47.5 Å². The zero-order chi connectivity index (χ0) is 78.7. The second-order valence-electron chi connectivity index (χ2n) is 29.3. The number of benzene rings is 4. The molecular weight excluding hydrogens is 1510 g/mol. The molecule has 1 heterocycles. The van der Waals surface area contributed by atoms with Crippen LogP contribution in [0.2, 0.25) is 0 Å². The summed E-state index contributed by atoms with van der Waals surface area (Å²) in [6.45, 7) is 7.07. The SMILES string of the molecule is C.C.CCCCCCCCCCCCCCC(=O)c1cc(OC[C@H](COP(=O)([O-])OCC[N+](C)(C)C)OC(=O)NC)c2cc(N(C)C)ccc2c1.CC[C@H](CCC1OC(CO)C(O)C(O)C1C)CC(=O)NC([NH-])=O.CO[C@H](COc1cc(C(C)=O)cc2ccc(N(C)C)cc12)COP(=O)([O-])OCC[N+](C)(C)C.[Y]. The third kappa shape index (κ3) is 40.6. The summed E-state index contributed by atoms with van der Waals surface area (Å²) in [7, 11) is 13.0. The Morgan fingerprint density at radius 1 is 0.648 bits per heavy atom. The summed E-state index contributed by atoms with van der Waals surface area (Å²) < 4.78 is 74.0. The molecule has 1 radical (unpaired) electrons. The molecule has 615 valence electrons. The van der Waals surface area contributed by atoms with Crippen LogP contribution in [-0.4, -0.2) is 234 Å². The maximum absolute atomic E-state index is 13.3. The Bertz CT molecular complexity index is 3400. The quantitative estimate of drug-likeness (QED) is 0.0119. The normalized spacial score (nSPS) is 17.5. The Morgan fingerprint density at radius 3 is 1.53 bits per heavy atom. The maximum Gasteiger partial charge on any atom is 0.407 e. The number of hydrogen-bond acceptors (Lipinski definition) is 23. The van der Waals surface area contributed by atoms with E-state index in [1.165, 1.54) is 78.9 Å². The second-order valence-corrected chi connectivity index (χ2v) is 32.1. The first kappa shape index (κ1) is 103. The molecule has 4 aromatic carbocycles. The minimum Gasteiger partial charge on any atom is -0.756 e. The van der Waals surface area contributed by atoms with Gasteiger partial charge in [0.15, 0.2) is 23.7 Å². The molecule has 28 nitrogen and oxygen atoms in total. The van der Waals surface area contributed by atoms with Crippen LogP contribution < -0.4 is 39.7 Å². The first-order valence-corrected chi connectivity index (χ1v) is 39.5. The number of anilines is 2. The number of urea groups is 1. The molecule has 4 amide bonds. The van der Waals surface area contributed by atoms with Crippen molar-refractivity contribution >= 4 is 78.2 Å². The summed E-state index contributed by atoms with van der Waals surface area (Å²) in [6.07, 6.45) is 11.6. The maximum atomic E-state index is 13.3. The van der Waals surface area contributed by atoms with Crippen LogP contribution >= 0.6 is 15.6 Å². The molecule has 1 aliphatic heterocycles. The number of methoxy groups -OCH3 is 1. The number of ketones is 2. The fraction of sp³-hybridized carbons (Fsp3) is 0.675. The van der Waals surface area contributed by atoms with Crippen LogP contribution in [-0.2, 0) is 78.9 Å². The minimum atomic E-state index is -4.66. The number of aliphatic hydroxyl groups is 3. The van der Waals surface area contributed by atoms with Gasteiger partial charge in [-0.05, 0) is 91.4 Å². The summed E-state index contributed by atoms with van der Waals surface area (Å²) in [6, 6.07) is 17.7. The van der Waals surface area contributed by atoms with Crippen molar-refractivity contribution in [1.29, 1.82) is 0 Å². The van der Waals surface area contributed by atoms with Gasteiger partial charge in [0.05, 0.1) is 74.3 Å². The van der Waals surface area contributed by atoms with E-state index in [1.807, 2.05) is 141 Å². The van der Waals surface area contributed by atoms with E-state index in [0.717, 1.165) is 58.6 Å². The first-order chi connectivity index (χ1) is 49.3. The second kappa shape index (κ2) is 52.5. The number of alkyl carbamates (subject to hydrolysis) is 1. The number of likely N-dealkylation sites (N-methyl/N-ethyl adjacent to an activating group) is 2. The van der Waals surface area contributed by atoms with Gasteiger partial charge in [0.1, 0.15) is 75.2 Å². The van der Waals surface area contributed by atoms with Crippen LogP contribution in [0.15, 0.2) is 60.7 Å². The van der Waals surface area contributed by atoms with Crippen LogP contribution in [0.5, 0.6) is 11.5 Å². The number of carbonyl (C=O) groups is 5. The molecule has 10 atom stereocenters. The van der Waals surface area contributed by atoms with Gasteiger partial charge in [0.25, 0.3) is 15.6 Å². The molecule has 0 bridgehead atoms. The summed E-state index contributed by atoms with van der Waals surface area (Å²) in [5, 5.41) is 36.6. The molecule has 5 rings (SSSR count). The van der Waals surface area contributed by atoms with Gasteiger partial charge in [0, 0.05) is 127 Å². The number of hydrogen-bond donors (Lipinski definition) is 5. The van der Waals surface area contributed by atoms with Crippen molar-refractivity contribution in [3.8, 4) is 11.5 Å². The fourth-order valence-corrected chi connectivity index (χ4v) is 12.6. The van der Waals surface area contributed by atoms with Crippen molar-refractivity contribution < 1.29 is 142 Å². The monoisotopic (exact) mass is 1640 g/mol. The zero-order valence-corrected chi connectivity index (χ0v) is 70.4. The molecule has 7 unspecified atom stereocenters. The number of phosphoric acid groups is 2. The van der Waals surface area contributed by atoms with E-state index in [9.17, 15) is 58.2 Å². The standard InChI is InChI=1S/C37H62N3O8P.C23H35N2O7P.C15H28N2O6.2CH4.Y/c1-8-9-10-11-12-13-14-15-16-17-18-19-20-35(41)31-25-30-21-22-32(39(3)4)27-34(30)36(26-31)45-28-33(48-37(42)38-2)29-47-49(43,44)46-24-23-40(5,6)7;1-17(26)19-12-18-8-9-20(24(2)3)14-22(18)23(13-19)30-15-21(29-7)16-32-33(27,28)31-11-10-25(4,5)6;1-3-9(6-12(19)17-15(16)22)4-5-10-8(2)13(20)14(21)11(7-18)23-10;;;/h21-22,25-27,33H,8-20,23-24,28-29H2,1-7H3,(H-,38,42,43,44);8-9,12-14,21H,10-11,15-16H2,1-7H3;8-11,13-14,18,20-21H,3-7H2,1-2H3,(H3,16,17,19,22);2*1H4;/p-1/t33-;21-;8?,9-,10?,11?,13?,14?;;;/m111.../s1. The van der Waals surface area contributed by atoms with Crippen molar-refractivity contribution in [2.75, 3.05) is 154 Å². The number of fused-ring (bicyclic) bond motifs is 2. The number of imide groups is 1. The van der Waals surface area contributed by atoms with E-state index < -0.39 is 70.8 Å². The van der Waals surface area contributed by atoms with Crippen molar-refractivity contribution in [3.63, 3.8) is 0 Å². The van der Waals surface area contributed by atoms with Gasteiger partial charge in [-0.1, -0.05) is 125 Å². The minimum absolute atomic E-state index is 0. The molecule has 6 N–H and O–H groups in total. The van der Waals surface area contributed by atoms with Gasteiger partial charge in [0.2, 0.25) is 0 Å². The number of rotatable bonds is 46.